The van der Waals surface area contributed by atoms with Crippen LogP contribution in [0.4, 0.5) is 5.69 Å². The van der Waals surface area contributed by atoms with Gasteiger partial charge < -0.3 is 16.0 Å². The van der Waals surface area contributed by atoms with Crippen LogP contribution in [-0.4, -0.2) is 23.8 Å². The molecule has 6 nitrogen and oxygen atoms in total. The van der Waals surface area contributed by atoms with E-state index < -0.39 is 6.04 Å². The molecule has 1 atom stereocenters. The van der Waals surface area contributed by atoms with E-state index in [9.17, 15) is 14.4 Å². The highest BCUT2D eigenvalue weighted by atomic mass is 16.2. The van der Waals surface area contributed by atoms with Crippen LogP contribution in [0.25, 0.3) is 0 Å². The monoisotopic (exact) mass is 385 g/mol. The number of nitrogens with one attached hydrogen (secondary N) is 3. The van der Waals surface area contributed by atoms with Gasteiger partial charge in [0.15, 0.2) is 0 Å². The Bertz CT molecular complexity index is 707. The van der Waals surface area contributed by atoms with E-state index in [0.717, 1.165) is 62.6 Å². The second-order valence-electron chi connectivity index (χ2n) is 8.11. The third-order valence-corrected chi connectivity index (χ3v) is 5.90. The second kappa shape index (κ2) is 9.71. The van der Waals surface area contributed by atoms with Gasteiger partial charge in [-0.15, -0.1) is 0 Å². The number of hydrogen-bond donors (Lipinski definition) is 3. The highest BCUT2D eigenvalue weighted by Gasteiger charge is 2.31. The van der Waals surface area contributed by atoms with Gasteiger partial charge in [-0.3, -0.25) is 14.4 Å². The highest BCUT2D eigenvalue weighted by molar-refractivity contribution is 5.92. The van der Waals surface area contributed by atoms with Crippen LogP contribution in [0.5, 0.6) is 0 Å². The van der Waals surface area contributed by atoms with Crippen LogP contribution in [0, 0.1) is 11.8 Å². The van der Waals surface area contributed by atoms with Crippen molar-refractivity contribution in [2.45, 2.75) is 70.9 Å². The zero-order valence-electron chi connectivity index (χ0n) is 16.6. The van der Waals surface area contributed by atoms with Crippen molar-refractivity contribution >= 4 is 23.4 Å². The molecule has 3 amide bonds. The fourth-order valence-corrected chi connectivity index (χ4v) is 4.40. The molecule has 0 aromatic heterocycles. The van der Waals surface area contributed by atoms with Gasteiger partial charge >= 0.3 is 0 Å². The van der Waals surface area contributed by atoms with Gasteiger partial charge in [-0.05, 0) is 49.3 Å². The standard InChI is InChI=1S/C22H31N3O3/c1-15(26)24-20(17-8-2-3-9-17)22(28)23-14-16-7-6-12-19(13-16)25-21(27)18-10-4-5-11-18/h6-7,12-13,17-18,20H,2-5,8-11,14H2,1H3,(H,23,28)(H,24,26)(H,25,27). The van der Waals surface area contributed by atoms with E-state index >= 15 is 0 Å². The SMILES string of the molecule is CC(=O)NC(C(=O)NCc1cccc(NC(=O)C2CCCC2)c1)C1CCCC1. The van der Waals surface area contributed by atoms with E-state index in [1.165, 1.54) is 6.92 Å². The molecule has 28 heavy (non-hydrogen) atoms. The van der Waals surface area contributed by atoms with E-state index in [4.69, 9.17) is 0 Å². The van der Waals surface area contributed by atoms with Gasteiger partial charge in [0, 0.05) is 25.1 Å². The summed E-state index contributed by atoms with van der Waals surface area (Å²) in [6, 6.07) is 7.11. The summed E-state index contributed by atoms with van der Waals surface area (Å²) in [5.74, 6) is 0.103. The zero-order valence-corrected chi connectivity index (χ0v) is 16.6. The molecule has 2 aliphatic rings. The first-order valence-corrected chi connectivity index (χ1v) is 10.5. The quantitative estimate of drug-likeness (QED) is 0.674. The number of anilines is 1. The molecule has 0 bridgehead atoms. The number of carbonyl (C=O) groups is 3. The van der Waals surface area contributed by atoms with Gasteiger partial charge in [0.05, 0.1) is 0 Å². The van der Waals surface area contributed by atoms with Crippen LogP contribution in [0.3, 0.4) is 0 Å². The Morgan fingerprint density at radius 2 is 1.71 bits per heavy atom. The van der Waals surface area contributed by atoms with Gasteiger partial charge in [0.2, 0.25) is 17.7 Å². The third kappa shape index (κ3) is 5.57. The summed E-state index contributed by atoms with van der Waals surface area (Å²) < 4.78 is 0. The lowest BCUT2D eigenvalue weighted by Crippen LogP contribution is -2.49. The summed E-state index contributed by atoms with van der Waals surface area (Å²) in [5.41, 5.74) is 1.68. The number of amides is 3. The smallest absolute Gasteiger partial charge is 0.243 e. The lowest BCUT2D eigenvalue weighted by atomic mass is 9.97. The summed E-state index contributed by atoms with van der Waals surface area (Å²) in [4.78, 5) is 36.5. The minimum Gasteiger partial charge on any atom is -0.350 e. The summed E-state index contributed by atoms with van der Waals surface area (Å²) in [7, 11) is 0. The van der Waals surface area contributed by atoms with Crippen molar-refractivity contribution in [1.82, 2.24) is 10.6 Å². The molecule has 0 radical (unpaired) electrons. The largest absolute Gasteiger partial charge is 0.350 e. The Labute approximate surface area is 166 Å². The first-order valence-electron chi connectivity index (χ1n) is 10.5. The van der Waals surface area contributed by atoms with Crippen molar-refractivity contribution in [3.63, 3.8) is 0 Å². The maximum atomic E-state index is 12.7. The molecule has 1 unspecified atom stereocenters. The third-order valence-electron chi connectivity index (χ3n) is 5.90. The van der Waals surface area contributed by atoms with Gasteiger partial charge in [0.25, 0.3) is 0 Å². The number of rotatable bonds is 7. The summed E-state index contributed by atoms with van der Waals surface area (Å²) >= 11 is 0. The van der Waals surface area contributed by atoms with Crippen molar-refractivity contribution in [3.8, 4) is 0 Å². The Hall–Kier alpha value is -2.37. The first-order chi connectivity index (χ1) is 13.5. The Balaban J connectivity index is 1.56. The molecule has 0 aliphatic heterocycles. The highest BCUT2D eigenvalue weighted by Crippen LogP contribution is 2.28. The molecule has 6 heteroatoms. The summed E-state index contributed by atoms with van der Waals surface area (Å²) in [6.07, 6.45) is 8.34. The maximum Gasteiger partial charge on any atom is 0.243 e. The van der Waals surface area contributed by atoms with E-state index in [2.05, 4.69) is 16.0 Å². The molecular weight excluding hydrogens is 354 g/mol. The minimum atomic E-state index is -0.467. The summed E-state index contributed by atoms with van der Waals surface area (Å²) in [5, 5.41) is 8.77. The van der Waals surface area contributed by atoms with Gasteiger partial charge in [-0.1, -0.05) is 37.8 Å². The number of carbonyl (C=O) groups excluding carboxylic acids is 3. The molecule has 1 aromatic rings. The average molecular weight is 386 g/mol. The van der Waals surface area contributed by atoms with E-state index in [0.29, 0.717) is 6.54 Å². The van der Waals surface area contributed by atoms with Crippen LogP contribution >= 0.6 is 0 Å². The van der Waals surface area contributed by atoms with Crippen LogP contribution in [0.1, 0.15) is 63.9 Å². The molecule has 2 aliphatic carbocycles. The van der Waals surface area contributed by atoms with Crippen LogP contribution < -0.4 is 16.0 Å². The topological polar surface area (TPSA) is 87.3 Å². The van der Waals surface area contributed by atoms with E-state index in [1.807, 2.05) is 24.3 Å². The van der Waals surface area contributed by atoms with Crippen molar-refractivity contribution < 1.29 is 14.4 Å². The van der Waals surface area contributed by atoms with Gasteiger partial charge in [0.1, 0.15) is 6.04 Å². The maximum absolute atomic E-state index is 12.7. The lowest BCUT2D eigenvalue weighted by Gasteiger charge is -2.23. The zero-order chi connectivity index (χ0) is 19.9. The molecule has 2 saturated carbocycles. The predicted octanol–water partition coefficient (Wildman–Crippen LogP) is 3.13. The second-order valence-corrected chi connectivity index (χ2v) is 8.11. The molecule has 2 fully saturated rings. The van der Waals surface area contributed by atoms with E-state index in [1.54, 1.807) is 0 Å². The lowest BCUT2D eigenvalue weighted by molar-refractivity contribution is -0.129. The van der Waals surface area contributed by atoms with Crippen LogP contribution in [-0.2, 0) is 20.9 Å². The van der Waals surface area contributed by atoms with Crippen molar-refractivity contribution in [3.05, 3.63) is 29.8 Å². The minimum absolute atomic E-state index is 0.0886. The molecule has 0 heterocycles. The van der Waals surface area contributed by atoms with Crippen LogP contribution in [0.2, 0.25) is 0 Å². The van der Waals surface area contributed by atoms with Crippen molar-refractivity contribution in [2.24, 2.45) is 11.8 Å². The Morgan fingerprint density at radius 1 is 1.04 bits per heavy atom. The molecule has 0 saturated heterocycles. The fourth-order valence-electron chi connectivity index (χ4n) is 4.40. The predicted molar refractivity (Wildman–Crippen MR) is 108 cm³/mol. The molecule has 3 rings (SSSR count). The summed E-state index contributed by atoms with van der Waals surface area (Å²) in [6.45, 7) is 1.82. The normalized spacial score (nSPS) is 18.6. The Kier molecular flexibility index (Phi) is 7.06. The molecule has 0 spiro atoms. The fraction of sp³-hybridized carbons (Fsp3) is 0.591. The number of hydrogen-bond acceptors (Lipinski definition) is 3. The molecule has 3 N–H and O–H groups in total. The van der Waals surface area contributed by atoms with Crippen molar-refractivity contribution in [2.75, 3.05) is 5.32 Å². The molecule has 152 valence electrons. The van der Waals surface area contributed by atoms with Gasteiger partial charge in [-0.25, -0.2) is 0 Å². The molecule has 1 aromatic carbocycles. The van der Waals surface area contributed by atoms with Crippen LogP contribution in [0.15, 0.2) is 24.3 Å². The number of benzene rings is 1. The molecular formula is C22H31N3O3. The first kappa shape index (κ1) is 20.4. The average Bonchev–Trinajstić information content (AvgIpc) is 3.38. The van der Waals surface area contributed by atoms with Gasteiger partial charge in [-0.2, -0.15) is 0 Å². The van der Waals surface area contributed by atoms with Crippen molar-refractivity contribution in [1.29, 1.82) is 0 Å². The Morgan fingerprint density at radius 3 is 2.39 bits per heavy atom. The van der Waals surface area contributed by atoms with E-state index in [-0.39, 0.29) is 29.6 Å².